The molecule has 0 radical (unpaired) electrons. The molecule has 0 aromatic heterocycles. The first-order valence-electron chi connectivity index (χ1n) is 8.97. The second kappa shape index (κ2) is 7.35. The molecule has 1 aliphatic carbocycles. The number of hydrogen-bond acceptors (Lipinski definition) is 2. The topological polar surface area (TPSA) is 30.9 Å². The van der Waals surface area contributed by atoms with E-state index in [2.05, 4.69) is 58.2 Å². The molecule has 1 N–H and O–H groups in total. The predicted octanol–water partition coefficient (Wildman–Crippen LogP) is 2.49. The zero-order valence-electron chi connectivity index (χ0n) is 14.8. The van der Waals surface area contributed by atoms with Crippen molar-refractivity contribution in [1.82, 2.24) is 15.1 Å². The zero-order chi connectivity index (χ0) is 16.2. The second-order valence-electron chi connectivity index (χ2n) is 6.98. The average Bonchev–Trinajstić information content (AvgIpc) is 3.39. The van der Waals surface area contributed by atoms with Gasteiger partial charge in [-0.3, -0.25) is 9.89 Å². The van der Waals surface area contributed by atoms with Crippen molar-refractivity contribution >= 4 is 5.96 Å². The highest BCUT2D eigenvalue weighted by Crippen LogP contribution is 2.28. The van der Waals surface area contributed by atoms with Crippen molar-refractivity contribution in [3.63, 3.8) is 0 Å². The van der Waals surface area contributed by atoms with Gasteiger partial charge in [-0.25, -0.2) is 0 Å². The summed E-state index contributed by atoms with van der Waals surface area (Å²) < 4.78 is 0. The van der Waals surface area contributed by atoms with Crippen molar-refractivity contribution in [3.8, 4) is 0 Å². The van der Waals surface area contributed by atoms with Crippen molar-refractivity contribution in [3.05, 3.63) is 35.4 Å². The third kappa shape index (κ3) is 4.05. The minimum Gasteiger partial charge on any atom is -0.355 e. The summed E-state index contributed by atoms with van der Waals surface area (Å²) in [6.45, 7) is 8.69. The fourth-order valence-corrected chi connectivity index (χ4v) is 3.57. The third-order valence-corrected chi connectivity index (χ3v) is 4.97. The molecule has 1 saturated carbocycles. The molecule has 1 aromatic rings. The van der Waals surface area contributed by atoms with Crippen molar-refractivity contribution in [2.45, 2.75) is 51.7 Å². The summed E-state index contributed by atoms with van der Waals surface area (Å²) in [6, 6.07) is 10.2. The van der Waals surface area contributed by atoms with Gasteiger partial charge in [0.25, 0.3) is 0 Å². The molecule has 0 amide bonds. The number of hydrogen-bond donors (Lipinski definition) is 1. The van der Waals surface area contributed by atoms with Crippen LogP contribution in [-0.4, -0.2) is 54.5 Å². The molecule has 1 aliphatic heterocycles. The molecule has 0 unspecified atom stereocenters. The van der Waals surface area contributed by atoms with Gasteiger partial charge in [0.2, 0.25) is 0 Å². The van der Waals surface area contributed by atoms with Gasteiger partial charge in [0.05, 0.1) is 0 Å². The first-order chi connectivity index (χ1) is 11.2. The van der Waals surface area contributed by atoms with Crippen LogP contribution in [0, 0.1) is 0 Å². The molecular formula is C19H30N4. The van der Waals surface area contributed by atoms with Gasteiger partial charge in [-0.15, -0.1) is 0 Å². The Labute approximate surface area is 140 Å². The Hall–Kier alpha value is -1.55. The number of nitrogens with zero attached hydrogens (tertiary/aromatic N) is 3. The molecule has 0 bridgehead atoms. The van der Waals surface area contributed by atoms with Crippen LogP contribution < -0.4 is 5.32 Å². The largest absolute Gasteiger partial charge is 0.355 e. The molecule has 1 heterocycles. The third-order valence-electron chi connectivity index (χ3n) is 4.97. The van der Waals surface area contributed by atoms with Crippen LogP contribution in [-0.2, 0) is 13.0 Å². The highest BCUT2D eigenvalue weighted by Gasteiger charge is 2.30. The standard InChI is InChI=1S/C19H30N4/c1-15(2)23(18-8-9-18)13-11-21-19(20-3)22-12-10-16-6-4-5-7-17(16)14-22/h4-7,15,18H,8-14H2,1-3H3,(H,20,21). The van der Waals surface area contributed by atoms with Crippen LogP contribution in [0.3, 0.4) is 0 Å². The number of benzene rings is 1. The highest BCUT2D eigenvalue weighted by atomic mass is 15.3. The SMILES string of the molecule is CN=C(NCCN(C(C)C)C1CC1)N1CCc2ccccc2C1. The van der Waals surface area contributed by atoms with Crippen LogP contribution in [0.1, 0.15) is 37.8 Å². The van der Waals surface area contributed by atoms with Crippen molar-refractivity contribution in [1.29, 1.82) is 0 Å². The summed E-state index contributed by atoms with van der Waals surface area (Å²) in [4.78, 5) is 9.49. The fraction of sp³-hybridized carbons (Fsp3) is 0.632. The molecular weight excluding hydrogens is 284 g/mol. The van der Waals surface area contributed by atoms with E-state index < -0.39 is 0 Å². The predicted molar refractivity (Wildman–Crippen MR) is 96.8 cm³/mol. The number of rotatable bonds is 5. The van der Waals surface area contributed by atoms with Crippen molar-refractivity contribution in [2.24, 2.45) is 4.99 Å². The quantitative estimate of drug-likeness (QED) is 0.669. The van der Waals surface area contributed by atoms with Gasteiger partial charge in [-0.1, -0.05) is 24.3 Å². The molecule has 1 aromatic carbocycles. The molecule has 2 aliphatic rings. The highest BCUT2D eigenvalue weighted by molar-refractivity contribution is 5.80. The van der Waals surface area contributed by atoms with Crippen molar-refractivity contribution < 1.29 is 0 Å². The lowest BCUT2D eigenvalue weighted by Crippen LogP contribution is -2.47. The van der Waals surface area contributed by atoms with Crippen LogP contribution >= 0.6 is 0 Å². The maximum atomic E-state index is 4.50. The fourth-order valence-electron chi connectivity index (χ4n) is 3.57. The zero-order valence-corrected chi connectivity index (χ0v) is 14.8. The van der Waals surface area contributed by atoms with E-state index in [1.807, 2.05) is 7.05 Å². The second-order valence-corrected chi connectivity index (χ2v) is 6.98. The molecule has 0 spiro atoms. The van der Waals surface area contributed by atoms with Gasteiger partial charge >= 0.3 is 0 Å². The normalized spacial score (nSPS) is 18.5. The Morgan fingerprint density at radius 2 is 2.04 bits per heavy atom. The van der Waals surface area contributed by atoms with E-state index in [0.29, 0.717) is 6.04 Å². The summed E-state index contributed by atoms with van der Waals surface area (Å²) in [6.07, 6.45) is 3.85. The maximum absolute atomic E-state index is 4.50. The number of fused-ring (bicyclic) bond motifs is 1. The Balaban J connectivity index is 1.52. The minimum absolute atomic E-state index is 0.633. The summed E-state index contributed by atoms with van der Waals surface area (Å²) in [5.41, 5.74) is 2.92. The van der Waals surface area contributed by atoms with Crippen LogP contribution in [0.5, 0.6) is 0 Å². The van der Waals surface area contributed by atoms with E-state index >= 15 is 0 Å². The van der Waals surface area contributed by atoms with Gasteiger partial charge < -0.3 is 10.2 Å². The lowest BCUT2D eigenvalue weighted by molar-refractivity contribution is 0.214. The summed E-state index contributed by atoms with van der Waals surface area (Å²) in [5, 5.41) is 3.57. The first-order valence-corrected chi connectivity index (χ1v) is 8.97. The molecule has 1 fully saturated rings. The lowest BCUT2D eigenvalue weighted by Gasteiger charge is -2.32. The Kier molecular flexibility index (Phi) is 5.21. The molecule has 4 heteroatoms. The van der Waals surface area contributed by atoms with E-state index in [-0.39, 0.29) is 0 Å². The van der Waals surface area contributed by atoms with Crippen LogP contribution in [0.4, 0.5) is 0 Å². The van der Waals surface area contributed by atoms with E-state index in [1.165, 1.54) is 24.0 Å². The smallest absolute Gasteiger partial charge is 0.194 e. The maximum Gasteiger partial charge on any atom is 0.194 e. The molecule has 23 heavy (non-hydrogen) atoms. The number of guanidine groups is 1. The first kappa shape index (κ1) is 16.3. The van der Waals surface area contributed by atoms with E-state index in [4.69, 9.17) is 0 Å². The molecule has 0 saturated heterocycles. The van der Waals surface area contributed by atoms with Crippen LogP contribution in [0.25, 0.3) is 0 Å². The summed E-state index contributed by atoms with van der Waals surface area (Å²) >= 11 is 0. The Bertz CT molecular complexity index is 546. The Morgan fingerprint density at radius 3 is 2.70 bits per heavy atom. The number of aliphatic imine (C=N–C) groups is 1. The van der Waals surface area contributed by atoms with Crippen LogP contribution in [0.15, 0.2) is 29.3 Å². The van der Waals surface area contributed by atoms with E-state index in [1.54, 1.807) is 0 Å². The Morgan fingerprint density at radius 1 is 1.30 bits per heavy atom. The van der Waals surface area contributed by atoms with E-state index in [9.17, 15) is 0 Å². The van der Waals surface area contributed by atoms with Crippen molar-refractivity contribution in [2.75, 3.05) is 26.7 Å². The van der Waals surface area contributed by atoms with E-state index in [0.717, 1.165) is 44.6 Å². The van der Waals surface area contributed by atoms with Gasteiger partial charge in [-0.2, -0.15) is 0 Å². The molecule has 3 rings (SSSR count). The summed E-state index contributed by atoms with van der Waals surface area (Å²) in [7, 11) is 1.89. The molecule has 126 valence electrons. The number of nitrogens with one attached hydrogen (secondary N) is 1. The molecule has 0 atom stereocenters. The monoisotopic (exact) mass is 314 g/mol. The van der Waals surface area contributed by atoms with Gasteiger partial charge in [0.15, 0.2) is 5.96 Å². The van der Waals surface area contributed by atoms with Gasteiger partial charge in [0, 0.05) is 45.3 Å². The molecule has 4 nitrogen and oxygen atoms in total. The van der Waals surface area contributed by atoms with Gasteiger partial charge in [0.1, 0.15) is 0 Å². The average molecular weight is 314 g/mol. The minimum atomic E-state index is 0.633. The van der Waals surface area contributed by atoms with Crippen LogP contribution in [0.2, 0.25) is 0 Å². The lowest BCUT2D eigenvalue weighted by atomic mass is 10.0. The van der Waals surface area contributed by atoms with Gasteiger partial charge in [-0.05, 0) is 44.2 Å². The summed E-state index contributed by atoms with van der Waals surface area (Å²) in [5.74, 6) is 1.04.